The normalized spacial score (nSPS) is 10.8. The number of amides is 1. The van der Waals surface area contributed by atoms with Crippen LogP contribution in [0.5, 0.6) is 5.75 Å². The van der Waals surface area contributed by atoms with Crippen LogP contribution in [0.3, 0.4) is 0 Å². The Kier molecular flexibility index (Phi) is 5.52. The first-order valence-corrected chi connectivity index (χ1v) is 7.78. The summed E-state index contributed by atoms with van der Waals surface area (Å²) < 4.78 is 0.0872. The van der Waals surface area contributed by atoms with Crippen LogP contribution in [0.1, 0.15) is 11.1 Å². The average molecular weight is 402 g/mol. The Bertz CT molecular complexity index is 915. The molecule has 0 fully saturated rings. The van der Waals surface area contributed by atoms with Crippen LogP contribution < -0.4 is 5.32 Å². The molecule has 126 valence electrons. The summed E-state index contributed by atoms with van der Waals surface area (Å²) in [4.78, 5) is 22.4. The van der Waals surface area contributed by atoms with Gasteiger partial charge in [-0.15, -0.1) is 0 Å². The Labute approximate surface area is 151 Å². The molecule has 8 heteroatoms. The molecule has 0 aliphatic heterocycles. The van der Waals surface area contributed by atoms with Crippen molar-refractivity contribution in [2.24, 2.45) is 0 Å². The van der Waals surface area contributed by atoms with Crippen molar-refractivity contribution in [1.82, 2.24) is 0 Å². The maximum atomic E-state index is 12.2. The third-order valence-corrected chi connectivity index (χ3v) is 3.85. The molecule has 25 heavy (non-hydrogen) atoms. The monoisotopic (exact) mass is 401 g/mol. The highest BCUT2D eigenvalue weighted by molar-refractivity contribution is 9.10. The molecule has 0 spiro atoms. The molecule has 0 aliphatic carbocycles. The van der Waals surface area contributed by atoms with Crippen LogP contribution in [-0.2, 0) is 4.79 Å². The zero-order valence-electron chi connectivity index (χ0n) is 13.0. The largest absolute Gasteiger partial charge is 0.501 e. The van der Waals surface area contributed by atoms with Crippen LogP contribution >= 0.6 is 15.9 Å². The molecular formula is C17H12BrN3O4. The molecule has 0 atom stereocenters. The van der Waals surface area contributed by atoms with Gasteiger partial charge in [-0.05, 0) is 52.7 Å². The Balaban J connectivity index is 2.34. The molecule has 0 aliphatic rings. The first-order valence-electron chi connectivity index (χ1n) is 6.98. The number of hydrogen-bond acceptors (Lipinski definition) is 5. The molecule has 0 saturated heterocycles. The van der Waals surface area contributed by atoms with Crippen molar-refractivity contribution < 1.29 is 14.8 Å². The predicted molar refractivity (Wildman–Crippen MR) is 95.9 cm³/mol. The lowest BCUT2D eigenvalue weighted by atomic mass is 10.1. The molecule has 2 rings (SSSR count). The van der Waals surface area contributed by atoms with Crippen molar-refractivity contribution in [2.45, 2.75) is 6.92 Å². The minimum Gasteiger partial charge on any atom is -0.501 e. The van der Waals surface area contributed by atoms with Crippen LogP contribution in [0.15, 0.2) is 46.4 Å². The minimum atomic E-state index is -0.754. The number of phenolic OH excluding ortho intramolecular Hbond substituents is 1. The molecule has 2 aromatic rings. The highest BCUT2D eigenvalue weighted by Crippen LogP contribution is 2.35. The lowest BCUT2D eigenvalue weighted by Gasteiger charge is -2.05. The number of hydrogen-bond donors (Lipinski definition) is 2. The van der Waals surface area contributed by atoms with E-state index in [0.717, 1.165) is 11.6 Å². The first-order chi connectivity index (χ1) is 11.8. The second-order valence-electron chi connectivity index (χ2n) is 5.12. The van der Waals surface area contributed by atoms with Crippen molar-refractivity contribution in [1.29, 1.82) is 5.26 Å². The van der Waals surface area contributed by atoms with Gasteiger partial charge in [-0.2, -0.15) is 5.26 Å². The van der Waals surface area contributed by atoms with E-state index in [4.69, 9.17) is 0 Å². The average Bonchev–Trinajstić information content (AvgIpc) is 2.57. The molecule has 1 amide bonds. The Morgan fingerprint density at radius 1 is 1.36 bits per heavy atom. The van der Waals surface area contributed by atoms with Crippen LogP contribution in [0, 0.1) is 28.4 Å². The zero-order valence-corrected chi connectivity index (χ0v) is 14.6. The molecule has 0 aromatic heterocycles. The van der Waals surface area contributed by atoms with E-state index in [2.05, 4.69) is 21.2 Å². The molecule has 2 aromatic carbocycles. The number of carbonyl (C=O) groups excluding carboxylic acids is 1. The number of benzene rings is 2. The molecule has 0 heterocycles. The van der Waals surface area contributed by atoms with E-state index < -0.39 is 22.3 Å². The Morgan fingerprint density at radius 2 is 2.00 bits per heavy atom. The third-order valence-electron chi connectivity index (χ3n) is 3.25. The maximum Gasteiger partial charge on any atom is 0.312 e. The smallest absolute Gasteiger partial charge is 0.312 e. The summed E-state index contributed by atoms with van der Waals surface area (Å²) in [5.74, 6) is -1.16. The number of aromatic hydroxyl groups is 1. The molecule has 0 bridgehead atoms. The fraction of sp³-hybridized carbons (Fsp3) is 0.0588. The second kappa shape index (κ2) is 7.59. The number of nitrogens with one attached hydrogen (secondary N) is 1. The molecule has 7 nitrogen and oxygen atoms in total. The van der Waals surface area contributed by atoms with Gasteiger partial charge in [0.25, 0.3) is 5.91 Å². The second-order valence-corrected chi connectivity index (χ2v) is 5.97. The summed E-state index contributed by atoms with van der Waals surface area (Å²) in [6.45, 7) is 1.90. The maximum absolute atomic E-state index is 12.2. The number of nitriles is 1. The van der Waals surface area contributed by atoms with Gasteiger partial charge in [-0.25, -0.2) is 0 Å². The SMILES string of the molecule is Cc1ccc(NC(=O)/C(C#N)=C\c2cc(Br)c(O)c([N+](=O)[O-])c2)cc1. The van der Waals surface area contributed by atoms with E-state index in [-0.39, 0.29) is 15.6 Å². The summed E-state index contributed by atoms with van der Waals surface area (Å²) in [7, 11) is 0. The van der Waals surface area contributed by atoms with Gasteiger partial charge in [0, 0.05) is 11.8 Å². The van der Waals surface area contributed by atoms with Gasteiger partial charge >= 0.3 is 5.69 Å². The Morgan fingerprint density at radius 3 is 2.56 bits per heavy atom. The number of nitro benzene ring substituents is 1. The number of nitrogens with zero attached hydrogens (tertiary/aromatic N) is 2. The number of carbonyl (C=O) groups is 1. The standard InChI is InChI=1S/C17H12BrN3O4/c1-10-2-4-13(5-3-10)20-17(23)12(9-19)6-11-7-14(18)16(22)15(8-11)21(24)25/h2-8,22H,1H3,(H,20,23)/b12-6-. The molecule has 0 saturated carbocycles. The van der Waals surface area contributed by atoms with E-state index >= 15 is 0 Å². The van der Waals surface area contributed by atoms with E-state index in [1.165, 1.54) is 12.1 Å². The van der Waals surface area contributed by atoms with Gasteiger partial charge < -0.3 is 10.4 Å². The van der Waals surface area contributed by atoms with Crippen molar-refractivity contribution in [3.8, 4) is 11.8 Å². The topological polar surface area (TPSA) is 116 Å². The van der Waals surface area contributed by atoms with E-state index in [1.54, 1.807) is 18.2 Å². The van der Waals surface area contributed by atoms with Gasteiger partial charge in [0.05, 0.1) is 9.40 Å². The van der Waals surface area contributed by atoms with Gasteiger partial charge in [-0.3, -0.25) is 14.9 Å². The van der Waals surface area contributed by atoms with E-state index in [1.807, 2.05) is 19.1 Å². The van der Waals surface area contributed by atoms with Crippen LogP contribution in [0.4, 0.5) is 11.4 Å². The van der Waals surface area contributed by atoms with Crippen molar-refractivity contribution in [3.05, 3.63) is 67.7 Å². The van der Waals surface area contributed by atoms with E-state index in [0.29, 0.717) is 5.69 Å². The minimum absolute atomic E-state index is 0.0872. The summed E-state index contributed by atoms with van der Waals surface area (Å²) in [5, 5.41) is 32.4. The van der Waals surface area contributed by atoms with Crippen LogP contribution in [0.25, 0.3) is 6.08 Å². The summed E-state index contributed by atoms with van der Waals surface area (Å²) in [6.07, 6.45) is 1.21. The van der Waals surface area contributed by atoms with Crippen LogP contribution in [0.2, 0.25) is 0 Å². The predicted octanol–water partition coefficient (Wildman–Crippen LogP) is 3.92. The number of aryl methyl sites for hydroxylation is 1. The number of anilines is 1. The van der Waals surface area contributed by atoms with Gasteiger partial charge in [0.15, 0.2) is 0 Å². The third kappa shape index (κ3) is 4.43. The first kappa shape index (κ1) is 18.2. The van der Waals surface area contributed by atoms with Crippen molar-refractivity contribution in [2.75, 3.05) is 5.32 Å². The highest BCUT2D eigenvalue weighted by atomic mass is 79.9. The number of nitro groups is 1. The lowest BCUT2D eigenvalue weighted by molar-refractivity contribution is -0.386. The fourth-order valence-corrected chi connectivity index (χ4v) is 2.45. The Hall–Kier alpha value is -3.18. The number of rotatable bonds is 4. The molecule has 2 N–H and O–H groups in total. The molecule has 0 unspecified atom stereocenters. The molecular weight excluding hydrogens is 390 g/mol. The zero-order chi connectivity index (χ0) is 18.6. The summed E-state index contributed by atoms with van der Waals surface area (Å²) >= 11 is 3.01. The fourth-order valence-electron chi connectivity index (χ4n) is 1.98. The van der Waals surface area contributed by atoms with Crippen molar-refractivity contribution >= 4 is 39.3 Å². The summed E-state index contributed by atoms with van der Waals surface area (Å²) in [5.41, 5.74) is 1.02. The van der Waals surface area contributed by atoms with Crippen LogP contribution in [-0.4, -0.2) is 15.9 Å². The van der Waals surface area contributed by atoms with Crippen molar-refractivity contribution in [3.63, 3.8) is 0 Å². The molecule has 0 radical (unpaired) electrons. The quantitative estimate of drug-likeness (QED) is 0.348. The van der Waals surface area contributed by atoms with Gasteiger partial charge in [0.2, 0.25) is 5.75 Å². The summed E-state index contributed by atoms with van der Waals surface area (Å²) in [6, 6.07) is 11.2. The highest BCUT2D eigenvalue weighted by Gasteiger charge is 2.18. The lowest BCUT2D eigenvalue weighted by Crippen LogP contribution is -2.13. The number of phenols is 1. The van der Waals surface area contributed by atoms with Gasteiger partial charge in [0.1, 0.15) is 11.6 Å². The number of halogens is 1. The van der Waals surface area contributed by atoms with Gasteiger partial charge in [-0.1, -0.05) is 17.7 Å². The van der Waals surface area contributed by atoms with E-state index in [9.17, 15) is 25.3 Å².